The Morgan fingerprint density at radius 3 is 2.94 bits per heavy atom. The van der Waals surface area contributed by atoms with Gasteiger partial charge in [-0.05, 0) is 47.8 Å². The standard InChI is InChI=1S/C11H16BrN3O/c1-7-5-9(6-14-11(7)12)15-10(16)4-3-8(2)13/h5-6,8H,3-4,13H2,1-2H3,(H,15,16). The Morgan fingerprint density at radius 2 is 2.38 bits per heavy atom. The largest absolute Gasteiger partial charge is 0.328 e. The summed E-state index contributed by atoms with van der Waals surface area (Å²) in [7, 11) is 0. The molecule has 0 aliphatic rings. The molecule has 1 heterocycles. The van der Waals surface area contributed by atoms with Crippen LogP contribution in [0, 0.1) is 6.92 Å². The van der Waals surface area contributed by atoms with Gasteiger partial charge in [0.15, 0.2) is 0 Å². The smallest absolute Gasteiger partial charge is 0.224 e. The van der Waals surface area contributed by atoms with E-state index < -0.39 is 0 Å². The summed E-state index contributed by atoms with van der Waals surface area (Å²) in [5, 5.41) is 2.79. The van der Waals surface area contributed by atoms with Crippen molar-refractivity contribution in [2.75, 3.05) is 5.32 Å². The fraction of sp³-hybridized carbons (Fsp3) is 0.455. The van der Waals surface area contributed by atoms with Gasteiger partial charge in [0.05, 0.1) is 11.9 Å². The summed E-state index contributed by atoms with van der Waals surface area (Å²) in [6.45, 7) is 3.81. The molecule has 1 unspecified atom stereocenters. The second-order valence-corrected chi connectivity index (χ2v) is 4.65. The predicted molar refractivity (Wildman–Crippen MR) is 68.2 cm³/mol. The van der Waals surface area contributed by atoms with Crippen LogP contribution in [-0.2, 0) is 4.79 Å². The summed E-state index contributed by atoms with van der Waals surface area (Å²) < 4.78 is 0.793. The summed E-state index contributed by atoms with van der Waals surface area (Å²) in [5.74, 6) is -0.0270. The SMILES string of the molecule is Cc1cc(NC(=O)CCC(C)N)cnc1Br. The fourth-order valence-electron chi connectivity index (χ4n) is 1.21. The van der Waals surface area contributed by atoms with Crippen molar-refractivity contribution in [3.63, 3.8) is 0 Å². The molecular weight excluding hydrogens is 270 g/mol. The molecule has 88 valence electrons. The maximum Gasteiger partial charge on any atom is 0.224 e. The quantitative estimate of drug-likeness (QED) is 0.834. The Labute approximate surface area is 104 Å². The van der Waals surface area contributed by atoms with Crippen LogP contribution < -0.4 is 11.1 Å². The first kappa shape index (κ1) is 13.1. The zero-order valence-corrected chi connectivity index (χ0v) is 11.0. The minimum absolute atomic E-state index is 0.0270. The van der Waals surface area contributed by atoms with E-state index >= 15 is 0 Å². The van der Waals surface area contributed by atoms with Crippen molar-refractivity contribution in [3.8, 4) is 0 Å². The zero-order valence-electron chi connectivity index (χ0n) is 9.46. The van der Waals surface area contributed by atoms with E-state index in [0.29, 0.717) is 12.8 Å². The van der Waals surface area contributed by atoms with E-state index in [4.69, 9.17) is 5.73 Å². The highest BCUT2D eigenvalue weighted by Gasteiger charge is 2.05. The highest BCUT2D eigenvalue weighted by molar-refractivity contribution is 9.10. The normalized spacial score (nSPS) is 12.2. The Morgan fingerprint density at radius 1 is 1.69 bits per heavy atom. The summed E-state index contributed by atoms with van der Waals surface area (Å²) >= 11 is 3.31. The first-order valence-electron chi connectivity index (χ1n) is 5.16. The van der Waals surface area contributed by atoms with E-state index in [2.05, 4.69) is 26.2 Å². The van der Waals surface area contributed by atoms with Gasteiger partial charge in [0, 0.05) is 12.5 Å². The third kappa shape index (κ3) is 4.28. The van der Waals surface area contributed by atoms with Crippen LogP contribution >= 0.6 is 15.9 Å². The van der Waals surface area contributed by atoms with E-state index in [9.17, 15) is 4.79 Å². The molecule has 0 aliphatic heterocycles. The van der Waals surface area contributed by atoms with Gasteiger partial charge in [0.2, 0.25) is 5.91 Å². The van der Waals surface area contributed by atoms with Gasteiger partial charge in [0.25, 0.3) is 0 Å². The second kappa shape index (κ2) is 5.96. The van der Waals surface area contributed by atoms with E-state index in [1.807, 2.05) is 19.9 Å². The molecule has 0 saturated heterocycles. The van der Waals surface area contributed by atoms with Gasteiger partial charge in [-0.15, -0.1) is 0 Å². The molecule has 1 aromatic rings. The first-order valence-corrected chi connectivity index (χ1v) is 5.96. The van der Waals surface area contributed by atoms with Crippen molar-refractivity contribution in [2.24, 2.45) is 5.73 Å². The average molecular weight is 286 g/mol. The van der Waals surface area contributed by atoms with Gasteiger partial charge < -0.3 is 11.1 Å². The number of aromatic nitrogens is 1. The van der Waals surface area contributed by atoms with Crippen molar-refractivity contribution in [3.05, 3.63) is 22.4 Å². The number of halogens is 1. The van der Waals surface area contributed by atoms with E-state index in [1.54, 1.807) is 6.20 Å². The van der Waals surface area contributed by atoms with Crippen LogP contribution in [0.5, 0.6) is 0 Å². The number of carbonyl (C=O) groups is 1. The lowest BCUT2D eigenvalue weighted by atomic mass is 10.2. The number of carbonyl (C=O) groups excluding carboxylic acids is 1. The Balaban J connectivity index is 2.53. The number of aryl methyl sites for hydroxylation is 1. The minimum atomic E-state index is -0.0270. The molecule has 0 aromatic carbocycles. The van der Waals surface area contributed by atoms with Gasteiger partial charge >= 0.3 is 0 Å². The molecule has 1 atom stereocenters. The van der Waals surface area contributed by atoms with Gasteiger partial charge in [-0.1, -0.05) is 0 Å². The highest BCUT2D eigenvalue weighted by atomic mass is 79.9. The third-order valence-corrected chi connectivity index (χ3v) is 2.96. The number of pyridine rings is 1. The van der Waals surface area contributed by atoms with Crippen LogP contribution in [0.2, 0.25) is 0 Å². The maximum atomic E-state index is 11.5. The molecule has 5 heteroatoms. The number of anilines is 1. The number of hydrogen-bond donors (Lipinski definition) is 2. The van der Waals surface area contributed by atoms with E-state index in [-0.39, 0.29) is 11.9 Å². The molecule has 0 spiro atoms. The lowest BCUT2D eigenvalue weighted by Gasteiger charge is -2.07. The Kier molecular flexibility index (Phi) is 4.89. The molecule has 1 amide bonds. The van der Waals surface area contributed by atoms with Crippen LogP contribution in [0.1, 0.15) is 25.3 Å². The third-order valence-electron chi connectivity index (χ3n) is 2.12. The van der Waals surface area contributed by atoms with Crippen molar-refractivity contribution in [1.82, 2.24) is 4.98 Å². The Bertz CT molecular complexity index is 379. The van der Waals surface area contributed by atoms with E-state index in [0.717, 1.165) is 15.9 Å². The molecule has 0 bridgehead atoms. The fourth-order valence-corrected chi connectivity index (χ4v) is 1.43. The summed E-state index contributed by atoms with van der Waals surface area (Å²) in [6, 6.07) is 1.93. The molecule has 16 heavy (non-hydrogen) atoms. The van der Waals surface area contributed by atoms with Crippen LogP contribution in [0.4, 0.5) is 5.69 Å². The van der Waals surface area contributed by atoms with Gasteiger partial charge in [0.1, 0.15) is 4.60 Å². The molecule has 0 radical (unpaired) electrons. The second-order valence-electron chi connectivity index (χ2n) is 3.90. The molecule has 4 nitrogen and oxygen atoms in total. The van der Waals surface area contributed by atoms with Crippen LogP contribution in [0.15, 0.2) is 16.9 Å². The summed E-state index contributed by atoms with van der Waals surface area (Å²) in [6.07, 6.45) is 2.75. The average Bonchev–Trinajstić information content (AvgIpc) is 2.21. The van der Waals surface area contributed by atoms with Gasteiger partial charge in [-0.2, -0.15) is 0 Å². The van der Waals surface area contributed by atoms with Crippen molar-refractivity contribution in [2.45, 2.75) is 32.7 Å². The molecule has 0 fully saturated rings. The Hall–Kier alpha value is -0.940. The molecule has 0 saturated carbocycles. The van der Waals surface area contributed by atoms with Crippen molar-refractivity contribution < 1.29 is 4.79 Å². The predicted octanol–water partition coefficient (Wildman–Crippen LogP) is 2.22. The molecule has 0 aliphatic carbocycles. The number of nitrogens with one attached hydrogen (secondary N) is 1. The number of rotatable bonds is 4. The summed E-state index contributed by atoms with van der Waals surface area (Å²) in [5.41, 5.74) is 7.29. The molecule has 3 N–H and O–H groups in total. The molecule has 1 aromatic heterocycles. The van der Waals surface area contributed by atoms with Crippen LogP contribution in [0.25, 0.3) is 0 Å². The van der Waals surface area contributed by atoms with Crippen molar-refractivity contribution >= 4 is 27.5 Å². The van der Waals surface area contributed by atoms with Crippen LogP contribution in [0.3, 0.4) is 0 Å². The number of hydrogen-bond acceptors (Lipinski definition) is 3. The van der Waals surface area contributed by atoms with Gasteiger partial charge in [-0.3, -0.25) is 4.79 Å². The lowest BCUT2D eigenvalue weighted by molar-refractivity contribution is -0.116. The highest BCUT2D eigenvalue weighted by Crippen LogP contribution is 2.16. The molecule has 1 rings (SSSR count). The summed E-state index contributed by atoms with van der Waals surface area (Å²) in [4.78, 5) is 15.6. The van der Waals surface area contributed by atoms with Crippen LogP contribution in [-0.4, -0.2) is 16.9 Å². The lowest BCUT2D eigenvalue weighted by Crippen LogP contribution is -2.19. The number of amides is 1. The molecular formula is C11H16BrN3O. The van der Waals surface area contributed by atoms with Gasteiger partial charge in [-0.25, -0.2) is 4.98 Å². The minimum Gasteiger partial charge on any atom is -0.328 e. The van der Waals surface area contributed by atoms with E-state index in [1.165, 1.54) is 0 Å². The topological polar surface area (TPSA) is 68.0 Å². The monoisotopic (exact) mass is 285 g/mol. The number of nitrogens with two attached hydrogens (primary N) is 1. The first-order chi connectivity index (χ1) is 7.49. The zero-order chi connectivity index (χ0) is 12.1. The maximum absolute atomic E-state index is 11.5. The number of nitrogens with zero attached hydrogens (tertiary/aromatic N) is 1. The van der Waals surface area contributed by atoms with Crippen molar-refractivity contribution in [1.29, 1.82) is 0 Å².